The summed E-state index contributed by atoms with van der Waals surface area (Å²) >= 11 is 0. The summed E-state index contributed by atoms with van der Waals surface area (Å²) in [6.07, 6.45) is 0. The van der Waals surface area contributed by atoms with E-state index in [1.165, 1.54) is 0 Å². The molecule has 2 rings (SSSR count). The average Bonchev–Trinajstić information content (AvgIpc) is 2.44. The minimum atomic E-state index is -0.00411. The average molecular weight is 278 g/mol. The second-order valence-electron chi connectivity index (χ2n) is 5.82. The molecule has 2 atom stereocenters. The number of rotatable bonds is 6. The van der Waals surface area contributed by atoms with Crippen LogP contribution in [0.25, 0.3) is 0 Å². The minimum absolute atomic E-state index is 0.00411. The second kappa shape index (κ2) is 7.07. The molecule has 112 valence electrons. The van der Waals surface area contributed by atoms with Crippen LogP contribution in [0.2, 0.25) is 0 Å². The number of ether oxygens (including phenoxy) is 2. The Hall–Kier alpha value is -1.10. The monoisotopic (exact) mass is 278 g/mol. The molecule has 1 aliphatic rings. The van der Waals surface area contributed by atoms with E-state index in [1.54, 1.807) is 7.11 Å². The van der Waals surface area contributed by atoms with Crippen LogP contribution in [0.3, 0.4) is 0 Å². The Balaban J connectivity index is 2.13. The van der Waals surface area contributed by atoms with Gasteiger partial charge < -0.3 is 15.2 Å². The normalized spacial score (nSPS) is 21.9. The SMILES string of the molecule is COCCN(CC(C)C)C1COc2ccccc2C1N. The van der Waals surface area contributed by atoms with Gasteiger partial charge in [0.2, 0.25) is 0 Å². The van der Waals surface area contributed by atoms with Crippen molar-refractivity contribution in [3.8, 4) is 5.75 Å². The summed E-state index contributed by atoms with van der Waals surface area (Å²) < 4.78 is 11.1. The predicted molar refractivity (Wildman–Crippen MR) is 80.9 cm³/mol. The van der Waals surface area contributed by atoms with Gasteiger partial charge in [-0.15, -0.1) is 0 Å². The Bertz CT molecular complexity index is 423. The van der Waals surface area contributed by atoms with Crippen LogP contribution in [0.15, 0.2) is 24.3 Å². The number of hydrogen-bond acceptors (Lipinski definition) is 4. The fraction of sp³-hybridized carbons (Fsp3) is 0.625. The first-order valence-electron chi connectivity index (χ1n) is 7.33. The van der Waals surface area contributed by atoms with E-state index in [2.05, 4.69) is 24.8 Å². The molecular weight excluding hydrogens is 252 g/mol. The van der Waals surface area contributed by atoms with Crippen LogP contribution in [-0.2, 0) is 4.74 Å². The Kier molecular flexibility index (Phi) is 5.40. The molecule has 0 saturated heterocycles. The van der Waals surface area contributed by atoms with Crippen LogP contribution >= 0.6 is 0 Å². The number of nitrogens with two attached hydrogens (primary N) is 1. The van der Waals surface area contributed by atoms with Crippen molar-refractivity contribution in [1.29, 1.82) is 0 Å². The molecule has 0 radical (unpaired) electrons. The van der Waals surface area contributed by atoms with Gasteiger partial charge in [0.25, 0.3) is 0 Å². The standard InChI is InChI=1S/C16H26N2O2/c1-12(2)10-18(8-9-19-3)14-11-20-15-7-5-4-6-13(15)16(14)17/h4-7,12,14,16H,8-11,17H2,1-3H3. The largest absolute Gasteiger partial charge is 0.492 e. The molecule has 0 bridgehead atoms. The number of methoxy groups -OCH3 is 1. The molecular formula is C16H26N2O2. The zero-order valence-electron chi connectivity index (χ0n) is 12.7. The summed E-state index contributed by atoms with van der Waals surface area (Å²) in [6, 6.07) is 8.27. The van der Waals surface area contributed by atoms with Gasteiger partial charge in [-0.2, -0.15) is 0 Å². The van der Waals surface area contributed by atoms with Crippen LogP contribution in [0.1, 0.15) is 25.5 Å². The third kappa shape index (κ3) is 3.51. The number of para-hydroxylation sites is 1. The molecule has 20 heavy (non-hydrogen) atoms. The van der Waals surface area contributed by atoms with Gasteiger partial charge in [0.15, 0.2) is 0 Å². The fourth-order valence-corrected chi connectivity index (χ4v) is 2.78. The molecule has 1 heterocycles. The number of nitrogens with zero attached hydrogens (tertiary/aromatic N) is 1. The predicted octanol–water partition coefficient (Wildman–Crippen LogP) is 2.05. The molecule has 1 aliphatic heterocycles. The topological polar surface area (TPSA) is 47.7 Å². The molecule has 2 N–H and O–H groups in total. The van der Waals surface area contributed by atoms with Crippen molar-refractivity contribution in [3.05, 3.63) is 29.8 Å². The third-order valence-electron chi connectivity index (χ3n) is 3.75. The molecule has 0 aliphatic carbocycles. The van der Waals surface area contributed by atoms with Crippen molar-refractivity contribution >= 4 is 0 Å². The van der Waals surface area contributed by atoms with Gasteiger partial charge >= 0.3 is 0 Å². The molecule has 4 nitrogen and oxygen atoms in total. The lowest BCUT2D eigenvalue weighted by atomic mass is 9.95. The lowest BCUT2D eigenvalue weighted by Gasteiger charge is -2.39. The summed E-state index contributed by atoms with van der Waals surface area (Å²) in [6.45, 7) is 7.71. The van der Waals surface area contributed by atoms with Crippen LogP contribution in [-0.4, -0.2) is 44.4 Å². The van der Waals surface area contributed by atoms with Crippen molar-refractivity contribution in [1.82, 2.24) is 4.90 Å². The number of hydrogen-bond donors (Lipinski definition) is 1. The molecule has 0 saturated carbocycles. The van der Waals surface area contributed by atoms with Crippen LogP contribution in [0.5, 0.6) is 5.75 Å². The Morgan fingerprint density at radius 3 is 2.85 bits per heavy atom. The number of benzene rings is 1. The van der Waals surface area contributed by atoms with Crippen LogP contribution < -0.4 is 10.5 Å². The molecule has 1 aromatic carbocycles. The van der Waals surface area contributed by atoms with E-state index in [-0.39, 0.29) is 12.1 Å². The van der Waals surface area contributed by atoms with E-state index in [0.717, 1.165) is 31.0 Å². The van der Waals surface area contributed by atoms with Gasteiger partial charge in [0, 0.05) is 25.8 Å². The van der Waals surface area contributed by atoms with E-state index >= 15 is 0 Å². The van der Waals surface area contributed by atoms with Gasteiger partial charge in [0.1, 0.15) is 12.4 Å². The zero-order valence-corrected chi connectivity index (χ0v) is 12.7. The first-order chi connectivity index (χ1) is 9.63. The highest BCUT2D eigenvalue weighted by Crippen LogP contribution is 2.32. The van der Waals surface area contributed by atoms with Gasteiger partial charge in [-0.1, -0.05) is 32.0 Å². The summed E-state index contributed by atoms with van der Waals surface area (Å²) in [4.78, 5) is 2.40. The van der Waals surface area contributed by atoms with Gasteiger partial charge in [-0.3, -0.25) is 4.90 Å². The third-order valence-corrected chi connectivity index (χ3v) is 3.75. The van der Waals surface area contributed by atoms with E-state index in [4.69, 9.17) is 15.2 Å². The summed E-state index contributed by atoms with van der Waals surface area (Å²) in [5.74, 6) is 1.52. The Morgan fingerprint density at radius 1 is 1.40 bits per heavy atom. The Morgan fingerprint density at radius 2 is 2.15 bits per heavy atom. The minimum Gasteiger partial charge on any atom is -0.492 e. The van der Waals surface area contributed by atoms with Crippen molar-refractivity contribution in [2.24, 2.45) is 11.7 Å². The van der Waals surface area contributed by atoms with Crippen molar-refractivity contribution in [2.45, 2.75) is 25.9 Å². The summed E-state index contributed by atoms with van der Waals surface area (Å²) in [5.41, 5.74) is 7.58. The van der Waals surface area contributed by atoms with E-state index < -0.39 is 0 Å². The lowest BCUT2D eigenvalue weighted by molar-refractivity contribution is 0.0614. The second-order valence-corrected chi connectivity index (χ2v) is 5.82. The molecule has 2 unspecified atom stereocenters. The highest BCUT2D eigenvalue weighted by atomic mass is 16.5. The molecule has 0 amide bonds. The van der Waals surface area contributed by atoms with E-state index in [0.29, 0.717) is 12.5 Å². The molecule has 0 fully saturated rings. The zero-order chi connectivity index (χ0) is 14.5. The van der Waals surface area contributed by atoms with Crippen LogP contribution in [0.4, 0.5) is 0 Å². The summed E-state index contributed by atoms with van der Waals surface area (Å²) in [5, 5.41) is 0. The first-order valence-corrected chi connectivity index (χ1v) is 7.33. The number of fused-ring (bicyclic) bond motifs is 1. The highest BCUT2D eigenvalue weighted by Gasteiger charge is 2.32. The molecule has 0 aromatic heterocycles. The maximum absolute atomic E-state index is 6.48. The fourth-order valence-electron chi connectivity index (χ4n) is 2.78. The Labute approximate surface area is 121 Å². The highest BCUT2D eigenvalue weighted by molar-refractivity contribution is 5.38. The summed E-state index contributed by atoms with van der Waals surface area (Å²) in [7, 11) is 1.74. The van der Waals surface area contributed by atoms with E-state index in [1.807, 2.05) is 18.2 Å². The van der Waals surface area contributed by atoms with E-state index in [9.17, 15) is 0 Å². The van der Waals surface area contributed by atoms with Gasteiger partial charge in [-0.25, -0.2) is 0 Å². The maximum Gasteiger partial charge on any atom is 0.124 e. The van der Waals surface area contributed by atoms with Gasteiger partial charge in [-0.05, 0) is 12.0 Å². The quantitative estimate of drug-likeness (QED) is 0.865. The lowest BCUT2D eigenvalue weighted by Crippen LogP contribution is -2.50. The molecule has 1 aromatic rings. The van der Waals surface area contributed by atoms with Crippen molar-refractivity contribution in [2.75, 3.05) is 33.4 Å². The van der Waals surface area contributed by atoms with Crippen molar-refractivity contribution < 1.29 is 9.47 Å². The van der Waals surface area contributed by atoms with Crippen molar-refractivity contribution in [3.63, 3.8) is 0 Å². The molecule has 0 spiro atoms. The first kappa shape index (κ1) is 15.3. The smallest absolute Gasteiger partial charge is 0.124 e. The van der Waals surface area contributed by atoms with Crippen LogP contribution in [0, 0.1) is 5.92 Å². The maximum atomic E-state index is 6.48. The van der Waals surface area contributed by atoms with Gasteiger partial charge in [0.05, 0.1) is 18.7 Å². The molecule has 4 heteroatoms.